The van der Waals surface area contributed by atoms with Crippen LogP contribution in [0.2, 0.25) is 10.0 Å². The first-order valence-corrected chi connectivity index (χ1v) is 17.0. The minimum atomic E-state index is -3.80. The molecule has 2 saturated heterocycles. The summed E-state index contributed by atoms with van der Waals surface area (Å²) in [6.45, 7) is 7.56. The van der Waals surface area contributed by atoms with Crippen LogP contribution in [0.1, 0.15) is 50.2 Å². The number of hydrogen-bond acceptors (Lipinski definition) is 9. The molecule has 1 aromatic heterocycles. The Labute approximate surface area is 262 Å². The fourth-order valence-electron chi connectivity index (χ4n) is 6.13. The normalized spacial score (nSPS) is 24.0. The summed E-state index contributed by atoms with van der Waals surface area (Å²) in [5.74, 6) is 1.11. The van der Waals surface area contributed by atoms with Crippen molar-refractivity contribution in [3.05, 3.63) is 51.6 Å². The number of aromatic nitrogens is 1. The minimum Gasteiger partial charge on any atom is -0.353 e. The van der Waals surface area contributed by atoms with E-state index in [1.807, 2.05) is 12.1 Å². The lowest BCUT2D eigenvalue weighted by atomic mass is 9.97. The third kappa shape index (κ3) is 7.07. The maximum absolute atomic E-state index is 12.0. The van der Waals surface area contributed by atoms with Crippen molar-refractivity contribution in [1.82, 2.24) is 19.5 Å². The van der Waals surface area contributed by atoms with Crippen molar-refractivity contribution < 1.29 is 8.42 Å². The highest BCUT2D eigenvalue weighted by Crippen LogP contribution is 2.31. The molecule has 0 spiro atoms. The van der Waals surface area contributed by atoms with E-state index in [-0.39, 0.29) is 17.7 Å². The molecule has 1 aromatic carbocycles. The number of piperidine rings is 1. The average Bonchev–Trinajstić information content (AvgIpc) is 3.76. The van der Waals surface area contributed by atoms with Crippen LogP contribution < -0.4 is 14.9 Å². The summed E-state index contributed by atoms with van der Waals surface area (Å²) in [6.07, 6.45) is 6.75. The molecule has 2 aromatic rings. The number of benzene rings is 1. The molecule has 0 amide bonds. The largest absolute Gasteiger partial charge is 0.353 e. The molecule has 43 heavy (non-hydrogen) atoms. The molecule has 1 atom stereocenters. The molecular weight excluding hydrogens is 609 g/mol. The molecule has 11 nitrogen and oxygen atoms in total. The Morgan fingerprint density at radius 2 is 1.93 bits per heavy atom. The predicted octanol–water partition coefficient (Wildman–Crippen LogP) is 4.04. The van der Waals surface area contributed by atoms with E-state index in [2.05, 4.69) is 52.1 Å². The molecule has 6 rings (SSSR count). The molecule has 0 unspecified atom stereocenters. The number of nitriles is 1. The number of aliphatic imine (C=N–C) groups is 1. The van der Waals surface area contributed by atoms with E-state index >= 15 is 0 Å². The van der Waals surface area contributed by atoms with Gasteiger partial charge in [0.15, 0.2) is 11.7 Å². The van der Waals surface area contributed by atoms with Crippen LogP contribution in [-0.4, -0.2) is 85.7 Å². The second kappa shape index (κ2) is 12.6. The van der Waals surface area contributed by atoms with Crippen molar-refractivity contribution in [3.8, 4) is 6.07 Å². The van der Waals surface area contributed by atoms with Gasteiger partial charge in [0.05, 0.1) is 34.6 Å². The number of nitrogens with one attached hydrogen (secondary N) is 2. The van der Waals surface area contributed by atoms with Crippen molar-refractivity contribution in [2.24, 2.45) is 9.39 Å². The van der Waals surface area contributed by atoms with E-state index in [4.69, 9.17) is 23.2 Å². The van der Waals surface area contributed by atoms with Crippen LogP contribution in [0.25, 0.3) is 0 Å². The highest BCUT2D eigenvalue weighted by Gasteiger charge is 2.34. The zero-order valence-corrected chi connectivity index (χ0v) is 26.3. The molecule has 1 saturated carbocycles. The Morgan fingerprint density at radius 3 is 2.63 bits per heavy atom. The molecule has 0 bridgehead atoms. The number of halogens is 2. The Balaban J connectivity index is 1.06. The summed E-state index contributed by atoms with van der Waals surface area (Å²) in [7, 11) is -3.80. The zero-order chi connectivity index (χ0) is 30.1. The molecule has 3 fully saturated rings. The first-order chi connectivity index (χ1) is 20.7. The number of anilines is 2. The van der Waals surface area contributed by atoms with Gasteiger partial charge in [-0.1, -0.05) is 36.2 Å². The summed E-state index contributed by atoms with van der Waals surface area (Å²) >= 11 is 12.8. The van der Waals surface area contributed by atoms with Gasteiger partial charge in [0.2, 0.25) is 0 Å². The molecule has 4 heterocycles. The van der Waals surface area contributed by atoms with Gasteiger partial charge in [-0.25, -0.2) is 9.71 Å². The Kier molecular flexibility index (Phi) is 8.80. The van der Waals surface area contributed by atoms with Crippen LogP contribution in [-0.2, 0) is 16.8 Å². The lowest BCUT2D eigenvalue weighted by Crippen LogP contribution is -2.58. The number of amidine groups is 2. The Bertz CT molecular complexity index is 1580. The lowest BCUT2D eigenvalue weighted by molar-refractivity contribution is 0.0610. The third-order valence-corrected chi connectivity index (χ3v) is 9.90. The fourth-order valence-corrected chi connectivity index (χ4v) is 7.40. The maximum atomic E-state index is 12.0. The standard InChI is InChI=1S/C29H35Cl2N9O2S/c1-2-24-18-39(11-12-40(24)25-7-9-38(10-8-25)17-19-3-4-21(30)13-20(19)15-32)29-26(31)14-23(16-33-29)35-28-27(34-22-5-6-22)36-43(41,42)37-28/h3-4,13-14,16,22,24-25H,2,5-12,17-18H2,1H3,(H,34,36)(H,35,37)/t24-/m0/s1. The smallest absolute Gasteiger partial charge is 0.345 e. The lowest BCUT2D eigenvalue weighted by Gasteiger charge is -2.47. The number of likely N-dealkylation sites (tertiary alicyclic amines) is 1. The third-order valence-electron chi connectivity index (χ3n) is 8.52. The van der Waals surface area contributed by atoms with Gasteiger partial charge in [0.25, 0.3) is 0 Å². The number of nitrogens with zero attached hydrogens (tertiary/aromatic N) is 7. The molecule has 0 radical (unpaired) electrons. The van der Waals surface area contributed by atoms with E-state index in [0.717, 1.165) is 82.8 Å². The summed E-state index contributed by atoms with van der Waals surface area (Å²) < 4.78 is 30.2. The van der Waals surface area contributed by atoms with Gasteiger partial charge in [-0.15, -0.1) is 4.40 Å². The quantitative estimate of drug-likeness (QED) is 0.462. The minimum absolute atomic E-state index is 0.136. The van der Waals surface area contributed by atoms with Gasteiger partial charge in [-0.2, -0.15) is 13.7 Å². The monoisotopic (exact) mass is 643 g/mol. The van der Waals surface area contributed by atoms with Gasteiger partial charge in [0, 0.05) is 43.3 Å². The molecule has 4 aliphatic rings. The van der Waals surface area contributed by atoms with Gasteiger partial charge in [0.1, 0.15) is 5.82 Å². The van der Waals surface area contributed by atoms with Crippen molar-refractivity contribution in [2.45, 2.75) is 63.7 Å². The maximum Gasteiger partial charge on any atom is 0.345 e. The van der Waals surface area contributed by atoms with Crippen LogP contribution in [0.15, 0.2) is 39.9 Å². The molecule has 2 N–H and O–H groups in total. The van der Waals surface area contributed by atoms with Gasteiger partial charge in [-0.3, -0.25) is 14.8 Å². The highest BCUT2D eigenvalue weighted by molar-refractivity contribution is 7.89. The average molecular weight is 645 g/mol. The second-order valence-electron chi connectivity index (χ2n) is 11.5. The fraction of sp³-hybridized carbons (Fsp3) is 0.517. The van der Waals surface area contributed by atoms with Crippen LogP contribution in [0, 0.1) is 11.3 Å². The zero-order valence-electron chi connectivity index (χ0n) is 24.0. The molecule has 3 aliphatic heterocycles. The van der Waals surface area contributed by atoms with E-state index < -0.39 is 10.2 Å². The van der Waals surface area contributed by atoms with Crippen LogP contribution >= 0.6 is 23.2 Å². The second-order valence-corrected chi connectivity index (χ2v) is 13.7. The first-order valence-electron chi connectivity index (χ1n) is 14.8. The molecule has 228 valence electrons. The van der Waals surface area contributed by atoms with Gasteiger partial charge >= 0.3 is 10.2 Å². The molecular formula is C29H35Cl2N9O2S. The van der Waals surface area contributed by atoms with Crippen LogP contribution in [0.3, 0.4) is 0 Å². The summed E-state index contributed by atoms with van der Waals surface area (Å²) in [5, 5.41) is 13.6. The summed E-state index contributed by atoms with van der Waals surface area (Å²) in [4.78, 5) is 16.4. The Hall–Kier alpha value is -2.95. The first kappa shape index (κ1) is 30.1. The van der Waals surface area contributed by atoms with Crippen molar-refractivity contribution in [2.75, 3.05) is 42.9 Å². The summed E-state index contributed by atoms with van der Waals surface area (Å²) in [5.41, 5.74) is 2.23. The SMILES string of the molecule is CC[C@H]1CN(c2ncc(NC3=NS(=O)(=O)NC3=NC3CC3)cc2Cl)CCN1C1CCN(Cc2ccc(Cl)cc2C#N)CC1. The number of hydrogen-bond donors (Lipinski definition) is 2. The molecule has 14 heteroatoms. The van der Waals surface area contributed by atoms with Crippen LogP contribution in [0.4, 0.5) is 11.5 Å². The topological polar surface area (TPSA) is 129 Å². The van der Waals surface area contributed by atoms with Crippen molar-refractivity contribution >= 4 is 56.6 Å². The highest BCUT2D eigenvalue weighted by atomic mass is 35.5. The van der Waals surface area contributed by atoms with Crippen molar-refractivity contribution in [3.63, 3.8) is 0 Å². The molecule has 1 aliphatic carbocycles. The predicted molar refractivity (Wildman–Crippen MR) is 170 cm³/mol. The van der Waals surface area contributed by atoms with E-state index in [1.165, 1.54) is 0 Å². The van der Waals surface area contributed by atoms with Gasteiger partial charge < -0.3 is 10.2 Å². The number of piperazine rings is 1. The van der Waals surface area contributed by atoms with E-state index in [1.54, 1.807) is 18.3 Å². The summed E-state index contributed by atoms with van der Waals surface area (Å²) in [6, 6.07) is 10.6. The van der Waals surface area contributed by atoms with Crippen molar-refractivity contribution in [1.29, 1.82) is 5.26 Å². The Morgan fingerprint density at radius 1 is 1.14 bits per heavy atom. The number of pyridine rings is 1. The number of rotatable bonds is 7. The van der Waals surface area contributed by atoms with Gasteiger partial charge in [-0.05, 0) is 69.0 Å². The van der Waals surface area contributed by atoms with E-state index in [0.29, 0.717) is 33.4 Å². The van der Waals surface area contributed by atoms with Crippen LogP contribution in [0.5, 0.6) is 0 Å². The van der Waals surface area contributed by atoms with E-state index in [9.17, 15) is 13.7 Å².